The summed E-state index contributed by atoms with van der Waals surface area (Å²) in [5.41, 5.74) is 8.25. The molecule has 2 aliphatic heterocycles. The van der Waals surface area contributed by atoms with E-state index in [0.29, 0.717) is 0 Å². The second-order valence-corrected chi connectivity index (χ2v) is 14.5. The smallest absolute Gasteiger partial charge is 0.101 e. The van der Waals surface area contributed by atoms with Crippen LogP contribution in [0.2, 0.25) is 0 Å². The summed E-state index contributed by atoms with van der Waals surface area (Å²) in [6.45, 7) is 0. The van der Waals surface area contributed by atoms with Crippen LogP contribution in [0.1, 0.15) is 0 Å². The van der Waals surface area contributed by atoms with Gasteiger partial charge in [-0.3, -0.25) is 19.8 Å². The highest BCUT2D eigenvalue weighted by Gasteiger charge is 2.25. The Kier molecular flexibility index (Phi) is 5.89. The average Bonchev–Trinajstić information content (AvgIpc) is 3.86. The molecule has 0 atom stereocenters. The summed E-state index contributed by atoms with van der Waals surface area (Å²) < 4.78 is 0. The number of fused-ring (bicyclic) bond motifs is 2. The molecule has 11 rings (SSSR count). The monoisotopic (exact) mass is 676 g/mol. The SMILES string of the molecule is C1=Nc2cccc3cccc(c23)N1c1ccc(-c2c3ccccc3c(-c3ccc(N4C=Nc5cccc6cccc4c56)s3)c3nccnc23)s1. The summed E-state index contributed by atoms with van der Waals surface area (Å²) in [5.74, 6) is 0. The molecule has 0 saturated carbocycles. The molecule has 5 heterocycles. The Morgan fingerprint density at radius 2 is 0.900 bits per heavy atom. The van der Waals surface area contributed by atoms with E-state index in [1.165, 1.54) is 21.5 Å². The molecular formula is C42H24N6S2. The molecule has 0 radical (unpaired) electrons. The lowest BCUT2D eigenvalue weighted by molar-refractivity contribution is 1.30. The molecule has 6 aromatic carbocycles. The van der Waals surface area contributed by atoms with E-state index < -0.39 is 0 Å². The minimum Gasteiger partial charge on any atom is -0.291 e. The molecule has 0 amide bonds. The van der Waals surface area contributed by atoms with Crippen LogP contribution in [-0.2, 0) is 0 Å². The van der Waals surface area contributed by atoms with Crippen LogP contribution in [0.5, 0.6) is 0 Å². The van der Waals surface area contributed by atoms with Crippen molar-refractivity contribution in [2.75, 3.05) is 9.80 Å². The maximum Gasteiger partial charge on any atom is 0.101 e. The van der Waals surface area contributed by atoms with E-state index in [0.717, 1.165) is 75.4 Å². The summed E-state index contributed by atoms with van der Waals surface area (Å²) in [7, 11) is 0. The third-order valence-corrected chi connectivity index (χ3v) is 11.9. The minimum absolute atomic E-state index is 0.891. The third kappa shape index (κ3) is 4.00. The molecule has 0 unspecified atom stereocenters. The van der Waals surface area contributed by atoms with Crippen LogP contribution in [0.4, 0.5) is 32.8 Å². The van der Waals surface area contributed by atoms with E-state index in [1.807, 2.05) is 12.7 Å². The third-order valence-electron chi connectivity index (χ3n) is 9.65. The summed E-state index contributed by atoms with van der Waals surface area (Å²) in [6, 6.07) is 42.9. The van der Waals surface area contributed by atoms with Gasteiger partial charge >= 0.3 is 0 Å². The summed E-state index contributed by atoms with van der Waals surface area (Å²) in [4.78, 5) is 26.3. The zero-order valence-electron chi connectivity index (χ0n) is 26.4. The van der Waals surface area contributed by atoms with Crippen molar-refractivity contribution >= 4 is 111 Å². The second kappa shape index (κ2) is 10.6. The van der Waals surface area contributed by atoms with Gasteiger partial charge in [0.1, 0.15) is 22.7 Å². The maximum atomic E-state index is 5.00. The maximum absolute atomic E-state index is 5.00. The predicted octanol–water partition coefficient (Wildman–Crippen LogP) is 12.2. The minimum atomic E-state index is 0.891. The number of nitrogens with zero attached hydrogens (tertiary/aromatic N) is 6. The fourth-order valence-electron chi connectivity index (χ4n) is 7.50. The Hall–Kier alpha value is -6.22. The molecule has 3 aromatic heterocycles. The Morgan fingerprint density at radius 3 is 1.38 bits per heavy atom. The molecule has 0 saturated heterocycles. The number of aliphatic imine (C=N–C) groups is 2. The highest BCUT2D eigenvalue weighted by atomic mass is 32.1. The molecule has 9 aromatic rings. The number of rotatable bonds is 4. The first-order chi connectivity index (χ1) is 24.8. The van der Waals surface area contributed by atoms with Crippen LogP contribution in [0.3, 0.4) is 0 Å². The average molecular weight is 677 g/mol. The molecule has 0 fully saturated rings. The second-order valence-electron chi connectivity index (χ2n) is 12.4. The van der Waals surface area contributed by atoms with Gasteiger partial charge in [0.25, 0.3) is 0 Å². The van der Waals surface area contributed by atoms with Crippen LogP contribution >= 0.6 is 22.7 Å². The van der Waals surface area contributed by atoms with Crippen LogP contribution in [0.25, 0.3) is 64.2 Å². The number of aromatic nitrogens is 2. The van der Waals surface area contributed by atoms with E-state index >= 15 is 0 Å². The molecule has 6 nitrogen and oxygen atoms in total. The van der Waals surface area contributed by atoms with Gasteiger partial charge in [-0.1, -0.05) is 72.8 Å². The quantitative estimate of drug-likeness (QED) is 0.174. The van der Waals surface area contributed by atoms with Crippen molar-refractivity contribution in [2.24, 2.45) is 9.98 Å². The van der Waals surface area contributed by atoms with Crippen molar-refractivity contribution in [3.8, 4) is 20.9 Å². The van der Waals surface area contributed by atoms with Crippen molar-refractivity contribution in [2.45, 2.75) is 0 Å². The molecule has 50 heavy (non-hydrogen) atoms. The predicted molar refractivity (Wildman–Crippen MR) is 212 cm³/mol. The molecular weight excluding hydrogens is 653 g/mol. The summed E-state index contributed by atoms with van der Waals surface area (Å²) in [5, 5.41) is 9.21. The zero-order valence-corrected chi connectivity index (χ0v) is 28.0. The molecule has 8 heteroatoms. The topological polar surface area (TPSA) is 57.0 Å². The van der Waals surface area contributed by atoms with Crippen molar-refractivity contribution in [3.05, 3.63) is 134 Å². The number of benzene rings is 6. The van der Waals surface area contributed by atoms with Gasteiger partial charge in [0, 0.05) is 44.0 Å². The molecule has 234 valence electrons. The first-order valence-corrected chi connectivity index (χ1v) is 18.0. The molecule has 0 N–H and O–H groups in total. The van der Waals surface area contributed by atoms with E-state index in [2.05, 4.69) is 131 Å². The lowest BCUT2D eigenvalue weighted by Crippen LogP contribution is -2.15. The lowest BCUT2D eigenvalue weighted by Gasteiger charge is -2.24. The highest BCUT2D eigenvalue weighted by molar-refractivity contribution is 7.20. The normalized spacial score (nSPS) is 13.4. The van der Waals surface area contributed by atoms with E-state index in [-0.39, 0.29) is 0 Å². The van der Waals surface area contributed by atoms with Crippen LogP contribution < -0.4 is 9.80 Å². The molecule has 0 aliphatic carbocycles. The van der Waals surface area contributed by atoms with Crippen LogP contribution in [0.15, 0.2) is 144 Å². The zero-order chi connectivity index (χ0) is 32.8. The number of anilines is 4. The molecule has 0 spiro atoms. The molecule has 2 aliphatic rings. The van der Waals surface area contributed by atoms with Gasteiger partial charge in [-0.05, 0) is 70.1 Å². The van der Waals surface area contributed by atoms with Gasteiger partial charge < -0.3 is 0 Å². The number of thiophene rings is 2. The Balaban J connectivity index is 1.06. The van der Waals surface area contributed by atoms with Crippen LogP contribution in [-0.4, -0.2) is 22.6 Å². The fraction of sp³-hybridized carbons (Fsp3) is 0. The summed E-state index contributed by atoms with van der Waals surface area (Å²) in [6.07, 6.45) is 7.48. The Bertz CT molecular complexity index is 2650. The molecule has 0 bridgehead atoms. The van der Waals surface area contributed by atoms with Gasteiger partial charge in [-0.15, -0.1) is 22.7 Å². The van der Waals surface area contributed by atoms with Crippen molar-refractivity contribution in [1.29, 1.82) is 0 Å². The number of hydrogen-bond donors (Lipinski definition) is 0. The first-order valence-electron chi connectivity index (χ1n) is 16.4. The van der Waals surface area contributed by atoms with Gasteiger partial charge in [0.15, 0.2) is 0 Å². The highest BCUT2D eigenvalue weighted by Crippen LogP contribution is 2.50. The first kappa shape index (κ1) is 27.7. The van der Waals surface area contributed by atoms with Gasteiger partial charge in [0.2, 0.25) is 0 Å². The largest absolute Gasteiger partial charge is 0.291 e. The number of hydrogen-bond acceptors (Lipinski definition) is 8. The standard InChI is InChI=1S/C42H24N6S2/c1-2-12-28-27(11-1)39(33-17-19-35(49-33)47-23-45-29-13-3-7-25-9-5-15-31(47)37(25)29)41-42(44-22-21-43-41)40(28)34-18-20-36(50-34)48-24-46-30-14-4-8-26-10-6-16-32(48)38(26)30/h1-24H. The van der Waals surface area contributed by atoms with Crippen LogP contribution in [0, 0.1) is 0 Å². The van der Waals surface area contributed by atoms with Crippen molar-refractivity contribution in [3.63, 3.8) is 0 Å². The summed E-state index contributed by atoms with van der Waals surface area (Å²) >= 11 is 3.49. The van der Waals surface area contributed by atoms with Gasteiger partial charge in [-0.2, -0.15) is 0 Å². The van der Waals surface area contributed by atoms with Crippen molar-refractivity contribution < 1.29 is 0 Å². The van der Waals surface area contributed by atoms with Gasteiger partial charge in [-0.25, -0.2) is 9.98 Å². The van der Waals surface area contributed by atoms with E-state index in [4.69, 9.17) is 20.0 Å². The van der Waals surface area contributed by atoms with E-state index in [9.17, 15) is 0 Å². The lowest BCUT2D eigenvalue weighted by atomic mass is 9.95. The Labute approximate surface area is 294 Å². The van der Waals surface area contributed by atoms with Gasteiger partial charge in [0.05, 0.1) is 33.8 Å². The van der Waals surface area contributed by atoms with E-state index in [1.54, 1.807) is 35.1 Å². The fourth-order valence-corrected chi connectivity index (χ4v) is 9.60. The Morgan fingerprint density at radius 1 is 0.440 bits per heavy atom. The van der Waals surface area contributed by atoms with Crippen molar-refractivity contribution in [1.82, 2.24) is 9.97 Å².